The maximum Gasteiger partial charge on any atom is 0.391 e. The number of rotatable bonds is 4. The summed E-state index contributed by atoms with van der Waals surface area (Å²) in [7, 11) is 1.64. The fraction of sp³-hybridized carbons (Fsp3) is 0.933. The van der Waals surface area contributed by atoms with E-state index in [2.05, 4.69) is 41.7 Å². The van der Waals surface area contributed by atoms with Gasteiger partial charge in [0.25, 0.3) is 0 Å². The molecule has 0 saturated heterocycles. The Morgan fingerprint density at radius 1 is 1.14 bits per heavy atom. The zero-order valence-electron chi connectivity index (χ0n) is 14.0. The van der Waals surface area contributed by atoms with Crippen molar-refractivity contribution in [3.05, 3.63) is 0 Å². The van der Waals surface area contributed by atoms with Crippen LogP contribution in [0.3, 0.4) is 0 Å². The van der Waals surface area contributed by atoms with Crippen molar-refractivity contribution in [3.8, 4) is 0 Å². The number of halogens is 3. The highest BCUT2D eigenvalue weighted by Crippen LogP contribution is 2.37. The van der Waals surface area contributed by atoms with E-state index in [1.54, 1.807) is 7.05 Å². The number of nitrogens with one attached hydrogen (secondary N) is 3. The lowest BCUT2D eigenvalue weighted by Gasteiger charge is -2.32. The first-order chi connectivity index (χ1) is 10.1. The fourth-order valence-corrected chi connectivity index (χ4v) is 2.62. The second-order valence-corrected chi connectivity index (χ2v) is 6.92. The van der Waals surface area contributed by atoms with E-state index in [0.29, 0.717) is 18.9 Å². The molecule has 1 fully saturated rings. The zero-order valence-corrected chi connectivity index (χ0v) is 14.0. The van der Waals surface area contributed by atoms with Crippen LogP contribution < -0.4 is 16.0 Å². The number of guanidine groups is 1. The first-order valence-electron chi connectivity index (χ1n) is 7.91. The molecular formula is C15H29F3N4. The molecule has 22 heavy (non-hydrogen) atoms. The molecule has 0 aromatic carbocycles. The van der Waals surface area contributed by atoms with Gasteiger partial charge in [-0.15, -0.1) is 0 Å². The van der Waals surface area contributed by atoms with E-state index in [1.165, 1.54) is 0 Å². The van der Waals surface area contributed by atoms with Gasteiger partial charge in [-0.2, -0.15) is 13.2 Å². The third-order valence-electron chi connectivity index (χ3n) is 3.77. The lowest BCUT2D eigenvalue weighted by Crippen LogP contribution is -2.49. The van der Waals surface area contributed by atoms with Crippen molar-refractivity contribution >= 4 is 5.96 Å². The summed E-state index contributed by atoms with van der Waals surface area (Å²) in [6.45, 7) is 7.69. The molecule has 0 bridgehead atoms. The van der Waals surface area contributed by atoms with E-state index in [9.17, 15) is 13.2 Å². The summed E-state index contributed by atoms with van der Waals surface area (Å²) in [6.07, 6.45) is -2.36. The van der Waals surface area contributed by atoms with Crippen LogP contribution in [0.4, 0.5) is 13.2 Å². The third kappa shape index (κ3) is 7.33. The van der Waals surface area contributed by atoms with Crippen LogP contribution in [0.5, 0.6) is 0 Å². The molecule has 1 aliphatic rings. The second kappa shape index (κ2) is 8.04. The molecule has 0 aliphatic heterocycles. The minimum Gasteiger partial charge on any atom is -0.355 e. The van der Waals surface area contributed by atoms with E-state index in [-0.39, 0.29) is 24.4 Å². The van der Waals surface area contributed by atoms with Gasteiger partial charge in [0.15, 0.2) is 5.96 Å². The summed E-state index contributed by atoms with van der Waals surface area (Å²) >= 11 is 0. The van der Waals surface area contributed by atoms with Crippen LogP contribution in [0.15, 0.2) is 4.99 Å². The quantitative estimate of drug-likeness (QED) is 0.424. The summed E-state index contributed by atoms with van der Waals surface area (Å²) in [5, 5.41) is 9.59. The molecule has 0 amide bonds. The number of alkyl halides is 3. The number of hydrogen-bond donors (Lipinski definition) is 3. The van der Waals surface area contributed by atoms with Crippen molar-refractivity contribution < 1.29 is 13.2 Å². The van der Waals surface area contributed by atoms with Crippen molar-refractivity contribution in [2.24, 2.45) is 10.9 Å². The maximum atomic E-state index is 12.8. The summed E-state index contributed by atoms with van der Waals surface area (Å²) < 4.78 is 38.4. The van der Waals surface area contributed by atoms with Crippen LogP contribution in [-0.4, -0.2) is 43.9 Å². The molecule has 2 unspecified atom stereocenters. The minimum absolute atomic E-state index is 0.0436. The molecular weight excluding hydrogens is 293 g/mol. The van der Waals surface area contributed by atoms with Crippen LogP contribution in [0.25, 0.3) is 0 Å². The van der Waals surface area contributed by atoms with Crippen molar-refractivity contribution in [2.45, 2.75) is 64.2 Å². The Kier molecular flexibility index (Phi) is 6.97. The molecule has 3 N–H and O–H groups in total. The highest BCUT2D eigenvalue weighted by atomic mass is 19.4. The molecule has 0 radical (unpaired) electrons. The van der Waals surface area contributed by atoms with Crippen LogP contribution in [0, 0.1) is 5.92 Å². The van der Waals surface area contributed by atoms with Gasteiger partial charge in [0.05, 0.1) is 5.92 Å². The van der Waals surface area contributed by atoms with Gasteiger partial charge in [-0.25, -0.2) is 0 Å². The Morgan fingerprint density at radius 2 is 1.82 bits per heavy atom. The van der Waals surface area contributed by atoms with Gasteiger partial charge in [-0.3, -0.25) is 4.99 Å². The maximum absolute atomic E-state index is 12.8. The number of aliphatic imine (C=N–C) groups is 1. The molecule has 1 saturated carbocycles. The first-order valence-corrected chi connectivity index (χ1v) is 7.91. The molecule has 130 valence electrons. The van der Waals surface area contributed by atoms with Gasteiger partial charge in [-0.05, 0) is 40.0 Å². The van der Waals surface area contributed by atoms with Crippen LogP contribution >= 0.6 is 0 Å². The van der Waals surface area contributed by atoms with Gasteiger partial charge >= 0.3 is 6.18 Å². The molecule has 0 aromatic rings. The van der Waals surface area contributed by atoms with E-state index >= 15 is 0 Å². The van der Waals surface area contributed by atoms with Crippen LogP contribution in [-0.2, 0) is 0 Å². The van der Waals surface area contributed by atoms with Gasteiger partial charge < -0.3 is 16.0 Å². The van der Waals surface area contributed by atoms with Gasteiger partial charge in [0.2, 0.25) is 0 Å². The lowest BCUT2D eigenvalue weighted by molar-refractivity contribution is -0.183. The smallest absolute Gasteiger partial charge is 0.355 e. The van der Waals surface area contributed by atoms with E-state index in [1.807, 2.05) is 0 Å². The summed E-state index contributed by atoms with van der Waals surface area (Å²) in [5.41, 5.74) is 0.0436. The van der Waals surface area contributed by atoms with Crippen molar-refractivity contribution in [1.82, 2.24) is 16.0 Å². The molecule has 2 atom stereocenters. The predicted molar refractivity (Wildman–Crippen MR) is 84.1 cm³/mol. The minimum atomic E-state index is -4.09. The highest BCUT2D eigenvalue weighted by molar-refractivity contribution is 5.79. The molecule has 4 nitrogen and oxygen atoms in total. The Morgan fingerprint density at radius 3 is 2.36 bits per heavy atom. The fourth-order valence-electron chi connectivity index (χ4n) is 2.62. The van der Waals surface area contributed by atoms with E-state index < -0.39 is 12.1 Å². The molecule has 1 aliphatic carbocycles. The van der Waals surface area contributed by atoms with Crippen molar-refractivity contribution in [1.29, 1.82) is 0 Å². The third-order valence-corrected chi connectivity index (χ3v) is 3.77. The Hall–Kier alpha value is -0.980. The summed E-state index contributed by atoms with van der Waals surface area (Å²) in [4.78, 5) is 4.09. The average molecular weight is 322 g/mol. The van der Waals surface area contributed by atoms with Crippen LogP contribution in [0.2, 0.25) is 0 Å². The molecule has 0 spiro atoms. The Balaban J connectivity index is 2.36. The number of hydrogen-bond acceptors (Lipinski definition) is 2. The SMILES string of the molecule is CN=C(NCCNC(C)(C)C)NC1CCCC(C(F)(F)F)C1. The topological polar surface area (TPSA) is 48.5 Å². The summed E-state index contributed by atoms with van der Waals surface area (Å²) in [5.74, 6) is -0.622. The van der Waals surface area contributed by atoms with Crippen molar-refractivity contribution in [3.63, 3.8) is 0 Å². The van der Waals surface area contributed by atoms with Gasteiger partial charge in [0.1, 0.15) is 0 Å². The standard InChI is InChI=1S/C15H29F3N4/c1-14(2,3)21-9-8-20-13(19-4)22-12-7-5-6-11(10-12)15(16,17)18/h11-12,21H,5-10H2,1-4H3,(H2,19,20,22). The molecule has 7 heteroatoms. The zero-order chi connectivity index (χ0) is 16.8. The van der Waals surface area contributed by atoms with Gasteiger partial charge in [0, 0.05) is 31.7 Å². The van der Waals surface area contributed by atoms with E-state index in [4.69, 9.17) is 0 Å². The Bertz CT molecular complexity index is 361. The number of nitrogens with zero attached hydrogens (tertiary/aromatic N) is 1. The van der Waals surface area contributed by atoms with E-state index in [0.717, 1.165) is 13.0 Å². The molecule has 0 heterocycles. The summed E-state index contributed by atoms with van der Waals surface area (Å²) in [6, 6.07) is -0.165. The van der Waals surface area contributed by atoms with Gasteiger partial charge in [-0.1, -0.05) is 6.42 Å². The molecule has 1 rings (SSSR count). The van der Waals surface area contributed by atoms with Crippen molar-refractivity contribution in [2.75, 3.05) is 20.1 Å². The second-order valence-electron chi connectivity index (χ2n) is 6.92. The van der Waals surface area contributed by atoms with Crippen LogP contribution in [0.1, 0.15) is 46.5 Å². The lowest BCUT2D eigenvalue weighted by atomic mass is 9.85. The monoisotopic (exact) mass is 322 g/mol. The average Bonchev–Trinajstić information content (AvgIpc) is 2.40. The normalized spacial score (nSPS) is 24.2. The highest BCUT2D eigenvalue weighted by Gasteiger charge is 2.42. The largest absolute Gasteiger partial charge is 0.391 e. The first kappa shape index (κ1) is 19.1. The molecule has 0 aromatic heterocycles. The Labute approximate surface area is 131 Å². The predicted octanol–water partition coefficient (Wildman–Crippen LogP) is 2.66.